The third-order valence-electron chi connectivity index (χ3n) is 8.31. The average molecular weight is 829 g/mol. The van der Waals surface area contributed by atoms with E-state index in [9.17, 15) is 35.5 Å². The molecule has 0 fully saturated rings. The first-order valence-electron chi connectivity index (χ1n) is 17.2. The van der Waals surface area contributed by atoms with Gasteiger partial charge >= 0.3 is 0 Å². The van der Waals surface area contributed by atoms with Crippen LogP contribution in [0.4, 0.5) is 0 Å². The molecule has 0 aliphatic carbocycles. The van der Waals surface area contributed by atoms with Crippen LogP contribution in [0, 0.1) is 0 Å². The summed E-state index contributed by atoms with van der Waals surface area (Å²) in [6, 6.07) is 34.5. The first-order valence-corrected chi connectivity index (χ1v) is 21.7. The van der Waals surface area contributed by atoms with Gasteiger partial charge in [0.05, 0.1) is 29.4 Å². The molecule has 0 bridgehead atoms. The van der Waals surface area contributed by atoms with Gasteiger partial charge in [0.15, 0.2) is 0 Å². The van der Waals surface area contributed by atoms with E-state index in [2.05, 4.69) is 0 Å². The molecule has 6 rings (SSSR count). The monoisotopic (exact) mass is 828 g/mol. The fourth-order valence-electron chi connectivity index (χ4n) is 5.26. The lowest BCUT2D eigenvalue weighted by Gasteiger charge is -2.10. The molecule has 0 unspecified atom stereocenters. The molecule has 2 N–H and O–H groups in total. The van der Waals surface area contributed by atoms with Crippen molar-refractivity contribution < 1.29 is 54.4 Å². The molecule has 57 heavy (non-hydrogen) atoms. The lowest BCUT2D eigenvalue weighted by atomic mass is 10.3. The molecule has 6 aromatic carbocycles. The standard InChI is InChI=1S/C42H36O12S3/c43-31-3-15-37(16-4-31)55(45,46)39-19-7-33(8-20-39)51-27-1-2-28-52-34-9-21-41(22-10-34)57(49,50)42-25-13-36(14-26-42)54-30-29-53-35-11-23-40(24-12-35)56(47,48)38-17-5-32(44)6-18-38/h1-26,43-44H,27-30H2/b2-1+. The predicted octanol–water partition coefficient (Wildman–Crippen LogP) is 7.07. The van der Waals surface area contributed by atoms with Crippen LogP contribution in [0.25, 0.3) is 0 Å². The molecule has 6 aromatic rings. The Bertz CT molecular complexity index is 2630. The summed E-state index contributed by atoms with van der Waals surface area (Å²) in [4.78, 5) is 0.476. The summed E-state index contributed by atoms with van der Waals surface area (Å²) in [7, 11) is -11.3. The van der Waals surface area contributed by atoms with Crippen LogP contribution < -0.4 is 18.9 Å². The Morgan fingerprint density at radius 2 is 0.544 bits per heavy atom. The highest BCUT2D eigenvalue weighted by molar-refractivity contribution is 7.92. The summed E-state index contributed by atoms with van der Waals surface area (Å²) in [5.74, 6) is 1.76. The number of rotatable bonds is 17. The van der Waals surface area contributed by atoms with Crippen molar-refractivity contribution in [1.29, 1.82) is 0 Å². The van der Waals surface area contributed by atoms with Gasteiger partial charge < -0.3 is 29.2 Å². The first-order chi connectivity index (χ1) is 27.3. The van der Waals surface area contributed by atoms with Crippen LogP contribution in [0.1, 0.15) is 0 Å². The summed E-state index contributed by atoms with van der Waals surface area (Å²) >= 11 is 0. The van der Waals surface area contributed by atoms with Crippen molar-refractivity contribution >= 4 is 29.5 Å². The number of ether oxygens (including phenoxy) is 4. The summed E-state index contributed by atoms with van der Waals surface area (Å²) in [5.41, 5.74) is 0. The molecule has 0 aliphatic heterocycles. The van der Waals surface area contributed by atoms with E-state index in [0.717, 1.165) is 0 Å². The Balaban J connectivity index is 0.912. The molecule has 0 aromatic heterocycles. The van der Waals surface area contributed by atoms with Crippen LogP contribution in [0.2, 0.25) is 0 Å². The minimum Gasteiger partial charge on any atom is -0.508 e. The maximum Gasteiger partial charge on any atom is 0.206 e. The van der Waals surface area contributed by atoms with Crippen molar-refractivity contribution in [2.24, 2.45) is 0 Å². The van der Waals surface area contributed by atoms with Crippen LogP contribution in [0.3, 0.4) is 0 Å². The normalized spacial score (nSPS) is 11.9. The van der Waals surface area contributed by atoms with E-state index >= 15 is 0 Å². The van der Waals surface area contributed by atoms with Crippen molar-refractivity contribution in [3.8, 4) is 34.5 Å². The van der Waals surface area contributed by atoms with E-state index in [1.807, 2.05) is 0 Å². The highest BCUT2D eigenvalue weighted by Gasteiger charge is 2.20. The molecular formula is C42H36O12S3. The van der Waals surface area contributed by atoms with Gasteiger partial charge in [-0.15, -0.1) is 0 Å². The fraction of sp³-hybridized carbons (Fsp3) is 0.0952. The molecule has 0 saturated heterocycles. The first kappa shape index (κ1) is 40.4. The molecular weight excluding hydrogens is 793 g/mol. The highest BCUT2D eigenvalue weighted by atomic mass is 32.2. The number of phenolic OH excluding ortho intramolecular Hbond substituents is 2. The second kappa shape index (κ2) is 17.7. The van der Waals surface area contributed by atoms with Crippen LogP contribution >= 0.6 is 0 Å². The van der Waals surface area contributed by atoms with Crippen LogP contribution in [-0.4, -0.2) is 61.9 Å². The Labute approximate surface area is 330 Å². The minimum atomic E-state index is -3.82. The molecule has 12 nitrogen and oxygen atoms in total. The SMILES string of the molecule is O=S(=O)(c1ccc(O)cc1)c1ccc(OC/C=C/COc2ccc(S(=O)(=O)c3ccc(OCCOc4ccc(S(=O)(=O)c5ccc(O)cc5)cc4)cc3)cc2)cc1. The van der Waals surface area contributed by atoms with Crippen LogP contribution in [-0.2, 0) is 29.5 Å². The average Bonchev–Trinajstić information content (AvgIpc) is 3.22. The van der Waals surface area contributed by atoms with Crippen LogP contribution in [0.5, 0.6) is 34.5 Å². The number of aromatic hydroxyl groups is 2. The zero-order valence-electron chi connectivity index (χ0n) is 30.0. The zero-order chi connectivity index (χ0) is 40.5. The van der Waals surface area contributed by atoms with Gasteiger partial charge in [-0.25, -0.2) is 25.3 Å². The second-order valence-corrected chi connectivity index (χ2v) is 18.0. The van der Waals surface area contributed by atoms with Gasteiger partial charge in [-0.05, 0) is 158 Å². The highest BCUT2D eigenvalue weighted by Crippen LogP contribution is 2.28. The maximum absolute atomic E-state index is 13.2. The summed E-state index contributed by atoms with van der Waals surface area (Å²) in [6.07, 6.45) is 3.47. The minimum absolute atomic E-state index is 0.0244. The van der Waals surface area contributed by atoms with Gasteiger partial charge in [-0.3, -0.25) is 0 Å². The van der Waals surface area contributed by atoms with Crippen molar-refractivity contribution in [2.75, 3.05) is 26.4 Å². The van der Waals surface area contributed by atoms with E-state index in [0.29, 0.717) is 23.0 Å². The summed E-state index contributed by atoms with van der Waals surface area (Å²) in [5, 5.41) is 18.8. The third-order valence-corrected chi connectivity index (χ3v) is 13.7. The second-order valence-electron chi connectivity index (χ2n) is 12.2. The molecule has 0 spiro atoms. The van der Waals surface area contributed by atoms with Gasteiger partial charge in [-0.1, -0.05) is 0 Å². The van der Waals surface area contributed by atoms with Gasteiger partial charge in [0, 0.05) is 0 Å². The lowest BCUT2D eigenvalue weighted by Crippen LogP contribution is -2.09. The predicted molar refractivity (Wildman–Crippen MR) is 209 cm³/mol. The lowest BCUT2D eigenvalue weighted by molar-refractivity contribution is 0.217. The molecule has 0 saturated carbocycles. The summed E-state index contributed by atoms with van der Waals surface area (Å²) < 4.78 is 100. The zero-order valence-corrected chi connectivity index (χ0v) is 32.5. The Morgan fingerprint density at radius 1 is 0.333 bits per heavy atom. The number of benzene rings is 6. The van der Waals surface area contributed by atoms with E-state index in [4.69, 9.17) is 18.9 Å². The summed E-state index contributed by atoms with van der Waals surface area (Å²) in [6.45, 7) is 0.702. The van der Waals surface area contributed by atoms with E-state index < -0.39 is 29.5 Å². The molecule has 0 heterocycles. The molecule has 0 atom stereocenters. The fourth-order valence-corrected chi connectivity index (χ4v) is 9.05. The Kier molecular flexibility index (Phi) is 12.5. The molecule has 15 heteroatoms. The van der Waals surface area contributed by atoms with E-state index in [1.165, 1.54) is 109 Å². The number of hydrogen-bond donors (Lipinski definition) is 2. The Hall–Kier alpha value is -6.29. The number of phenols is 2. The molecule has 294 valence electrons. The van der Waals surface area contributed by atoms with Gasteiger partial charge in [0.2, 0.25) is 29.5 Å². The topological polar surface area (TPSA) is 180 Å². The Morgan fingerprint density at radius 3 is 0.789 bits per heavy atom. The van der Waals surface area contributed by atoms with Crippen LogP contribution in [0.15, 0.2) is 187 Å². The van der Waals surface area contributed by atoms with E-state index in [-0.39, 0.29) is 67.3 Å². The maximum atomic E-state index is 13.2. The largest absolute Gasteiger partial charge is 0.508 e. The van der Waals surface area contributed by atoms with Crippen molar-refractivity contribution in [2.45, 2.75) is 29.4 Å². The number of hydrogen-bond acceptors (Lipinski definition) is 12. The quantitative estimate of drug-likeness (QED) is 0.0707. The molecule has 0 radical (unpaired) electrons. The van der Waals surface area contributed by atoms with Crippen molar-refractivity contribution in [3.63, 3.8) is 0 Å². The smallest absolute Gasteiger partial charge is 0.206 e. The number of sulfone groups is 3. The van der Waals surface area contributed by atoms with Crippen molar-refractivity contribution in [3.05, 3.63) is 158 Å². The van der Waals surface area contributed by atoms with Crippen molar-refractivity contribution in [1.82, 2.24) is 0 Å². The van der Waals surface area contributed by atoms with Gasteiger partial charge in [-0.2, -0.15) is 0 Å². The molecule has 0 amide bonds. The molecule has 0 aliphatic rings. The third kappa shape index (κ3) is 10.1. The van der Waals surface area contributed by atoms with Gasteiger partial charge in [0.25, 0.3) is 0 Å². The van der Waals surface area contributed by atoms with Gasteiger partial charge in [0.1, 0.15) is 60.9 Å². The van der Waals surface area contributed by atoms with E-state index in [1.54, 1.807) is 48.6 Å².